The first-order valence-electron chi connectivity index (χ1n) is 8.58. The lowest BCUT2D eigenvalue weighted by Crippen LogP contribution is -2.40. The Balaban J connectivity index is 1.86. The number of piperidine rings is 1. The van der Waals surface area contributed by atoms with Gasteiger partial charge in [-0.15, -0.1) is 0 Å². The van der Waals surface area contributed by atoms with Gasteiger partial charge in [-0.25, -0.2) is 9.48 Å². The number of carbonyl (C=O) groups is 1. The lowest BCUT2D eigenvalue weighted by Gasteiger charge is -2.32. The molecule has 0 N–H and O–H groups in total. The minimum atomic E-state index is -0.0968. The van der Waals surface area contributed by atoms with Gasteiger partial charge < -0.3 is 4.90 Å². The van der Waals surface area contributed by atoms with Crippen LogP contribution in [-0.4, -0.2) is 38.2 Å². The SMILES string of the molecule is CC(C)n1c(C2CCCN(C(=O)c3cccc(Br)c3)C2)nn(C)c1=O. The number of amides is 1. The molecule has 1 atom stereocenters. The zero-order chi connectivity index (χ0) is 18.1. The zero-order valence-electron chi connectivity index (χ0n) is 14.8. The molecule has 0 spiro atoms. The number of hydrogen-bond donors (Lipinski definition) is 0. The van der Waals surface area contributed by atoms with Crippen molar-refractivity contribution in [2.75, 3.05) is 13.1 Å². The van der Waals surface area contributed by atoms with Crippen LogP contribution in [0.2, 0.25) is 0 Å². The summed E-state index contributed by atoms with van der Waals surface area (Å²) in [4.78, 5) is 27.0. The van der Waals surface area contributed by atoms with Gasteiger partial charge in [-0.3, -0.25) is 9.36 Å². The maximum atomic E-state index is 12.8. The summed E-state index contributed by atoms with van der Waals surface area (Å²) in [7, 11) is 1.68. The second-order valence-electron chi connectivity index (χ2n) is 6.83. The van der Waals surface area contributed by atoms with E-state index in [0.29, 0.717) is 12.1 Å². The van der Waals surface area contributed by atoms with Crippen LogP contribution in [0.25, 0.3) is 0 Å². The van der Waals surface area contributed by atoms with Crippen molar-refractivity contribution in [3.63, 3.8) is 0 Å². The topological polar surface area (TPSA) is 60.1 Å². The molecule has 1 amide bonds. The number of carbonyl (C=O) groups excluding carboxylic acids is 1. The molecule has 0 radical (unpaired) electrons. The summed E-state index contributed by atoms with van der Waals surface area (Å²) in [5, 5.41) is 4.46. The van der Waals surface area contributed by atoms with Crippen LogP contribution < -0.4 is 5.69 Å². The Kier molecular flexibility index (Phi) is 5.13. The molecule has 134 valence electrons. The molecule has 0 bridgehead atoms. The predicted octanol–water partition coefficient (Wildman–Crippen LogP) is 2.95. The first kappa shape index (κ1) is 17.9. The third kappa shape index (κ3) is 3.56. The molecule has 2 aromatic rings. The molecule has 3 rings (SSSR count). The lowest BCUT2D eigenvalue weighted by molar-refractivity contribution is 0.0702. The summed E-state index contributed by atoms with van der Waals surface area (Å²) in [6, 6.07) is 7.50. The first-order valence-corrected chi connectivity index (χ1v) is 9.38. The maximum Gasteiger partial charge on any atom is 0.345 e. The third-order valence-electron chi connectivity index (χ3n) is 4.64. The second-order valence-corrected chi connectivity index (χ2v) is 7.74. The van der Waals surface area contributed by atoms with Crippen LogP contribution >= 0.6 is 15.9 Å². The van der Waals surface area contributed by atoms with Gasteiger partial charge in [0.15, 0.2) is 0 Å². The average molecular weight is 407 g/mol. The third-order valence-corrected chi connectivity index (χ3v) is 5.14. The van der Waals surface area contributed by atoms with E-state index in [1.165, 1.54) is 4.68 Å². The van der Waals surface area contributed by atoms with E-state index >= 15 is 0 Å². The number of likely N-dealkylation sites (tertiary alicyclic amines) is 1. The van der Waals surface area contributed by atoms with Crippen LogP contribution in [-0.2, 0) is 7.05 Å². The van der Waals surface area contributed by atoms with Crippen LogP contribution in [0.1, 0.15) is 54.8 Å². The summed E-state index contributed by atoms with van der Waals surface area (Å²) in [5.41, 5.74) is 0.581. The molecule has 1 unspecified atom stereocenters. The largest absolute Gasteiger partial charge is 0.345 e. The van der Waals surface area contributed by atoms with Crippen molar-refractivity contribution in [2.45, 2.75) is 38.6 Å². The molecule has 1 saturated heterocycles. The summed E-state index contributed by atoms with van der Waals surface area (Å²) >= 11 is 3.42. The summed E-state index contributed by atoms with van der Waals surface area (Å²) in [6.07, 6.45) is 1.85. The van der Waals surface area contributed by atoms with Crippen molar-refractivity contribution >= 4 is 21.8 Å². The minimum Gasteiger partial charge on any atom is -0.338 e. The van der Waals surface area contributed by atoms with E-state index in [1.807, 2.05) is 43.0 Å². The quantitative estimate of drug-likeness (QED) is 0.786. The normalized spacial score (nSPS) is 18.0. The molecule has 25 heavy (non-hydrogen) atoms. The van der Waals surface area contributed by atoms with Gasteiger partial charge in [0, 0.05) is 42.1 Å². The van der Waals surface area contributed by atoms with Crippen LogP contribution in [0.5, 0.6) is 0 Å². The van der Waals surface area contributed by atoms with E-state index in [4.69, 9.17) is 0 Å². The first-order chi connectivity index (χ1) is 11.9. The van der Waals surface area contributed by atoms with Gasteiger partial charge in [0.25, 0.3) is 5.91 Å². The summed E-state index contributed by atoms with van der Waals surface area (Å²) in [5.74, 6) is 0.899. The highest BCUT2D eigenvalue weighted by atomic mass is 79.9. The second kappa shape index (κ2) is 7.15. The van der Waals surface area contributed by atoms with Crippen LogP contribution in [0.4, 0.5) is 0 Å². The van der Waals surface area contributed by atoms with Gasteiger partial charge in [0.05, 0.1) is 0 Å². The Morgan fingerprint density at radius 2 is 2.12 bits per heavy atom. The van der Waals surface area contributed by atoms with E-state index in [9.17, 15) is 9.59 Å². The van der Waals surface area contributed by atoms with Crippen LogP contribution in [0.3, 0.4) is 0 Å². The van der Waals surface area contributed by atoms with Gasteiger partial charge in [0.1, 0.15) is 5.82 Å². The Bertz CT molecular complexity index is 840. The van der Waals surface area contributed by atoms with E-state index in [-0.39, 0.29) is 23.6 Å². The fourth-order valence-corrected chi connectivity index (χ4v) is 3.84. The Labute approximate surface area is 155 Å². The summed E-state index contributed by atoms with van der Waals surface area (Å²) in [6.45, 7) is 5.30. The van der Waals surface area contributed by atoms with Crippen molar-refractivity contribution in [1.29, 1.82) is 0 Å². The van der Waals surface area contributed by atoms with Crippen molar-refractivity contribution in [1.82, 2.24) is 19.2 Å². The highest BCUT2D eigenvalue weighted by Gasteiger charge is 2.30. The van der Waals surface area contributed by atoms with E-state index < -0.39 is 0 Å². The number of aromatic nitrogens is 3. The van der Waals surface area contributed by atoms with Gasteiger partial charge in [-0.2, -0.15) is 5.10 Å². The van der Waals surface area contributed by atoms with Crippen molar-refractivity contribution in [2.24, 2.45) is 7.05 Å². The molecule has 7 heteroatoms. The van der Waals surface area contributed by atoms with Crippen molar-refractivity contribution < 1.29 is 4.79 Å². The standard InChI is InChI=1S/C18H23BrN4O2/c1-12(2)23-16(20-21(3)18(23)25)14-7-5-9-22(11-14)17(24)13-6-4-8-15(19)10-13/h4,6,8,10,12,14H,5,7,9,11H2,1-3H3. The number of benzene rings is 1. The Morgan fingerprint density at radius 1 is 1.36 bits per heavy atom. The molecule has 1 aromatic heterocycles. The van der Waals surface area contributed by atoms with Crippen LogP contribution in [0.15, 0.2) is 33.5 Å². The highest BCUT2D eigenvalue weighted by Crippen LogP contribution is 2.27. The lowest BCUT2D eigenvalue weighted by atomic mass is 9.96. The smallest absolute Gasteiger partial charge is 0.338 e. The zero-order valence-corrected chi connectivity index (χ0v) is 16.4. The fourth-order valence-electron chi connectivity index (χ4n) is 3.44. The monoisotopic (exact) mass is 406 g/mol. The molecular weight excluding hydrogens is 384 g/mol. The Morgan fingerprint density at radius 3 is 2.80 bits per heavy atom. The fraction of sp³-hybridized carbons (Fsp3) is 0.500. The van der Waals surface area contributed by atoms with Gasteiger partial charge in [-0.05, 0) is 44.9 Å². The number of aryl methyl sites for hydroxylation is 1. The molecule has 0 aliphatic carbocycles. The van der Waals surface area contributed by atoms with Crippen molar-refractivity contribution in [3.8, 4) is 0 Å². The van der Waals surface area contributed by atoms with E-state index in [0.717, 1.165) is 29.7 Å². The molecule has 2 heterocycles. The molecular formula is C18H23BrN4O2. The summed E-state index contributed by atoms with van der Waals surface area (Å²) < 4.78 is 4.03. The molecule has 1 aromatic carbocycles. The van der Waals surface area contributed by atoms with Crippen molar-refractivity contribution in [3.05, 3.63) is 50.6 Å². The molecule has 0 saturated carbocycles. The van der Waals surface area contributed by atoms with E-state index in [1.54, 1.807) is 11.6 Å². The molecule has 1 aliphatic heterocycles. The van der Waals surface area contributed by atoms with Gasteiger partial charge >= 0.3 is 5.69 Å². The minimum absolute atomic E-state index is 0.0281. The Hall–Kier alpha value is -1.89. The average Bonchev–Trinajstić information content (AvgIpc) is 2.90. The number of halogens is 1. The van der Waals surface area contributed by atoms with Crippen LogP contribution in [0, 0.1) is 0 Å². The number of nitrogens with zero attached hydrogens (tertiary/aromatic N) is 4. The van der Waals surface area contributed by atoms with Gasteiger partial charge in [-0.1, -0.05) is 22.0 Å². The van der Waals surface area contributed by atoms with E-state index in [2.05, 4.69) is 21.0 Å². The highest BCUT2D eigenvalue weighted by molar-refractivity contribution is 9.10. The predicted molar refractivity (Wildman–Crippen MR) is 99.9 cm³/mol. The number of rotatable bonds is 3. The maximum absolute atomic E-state index is 12.8. The molecule has 1 aliphatic rings. The van der Waals surface area contributed by atoms with Gasteiger partial charge in [0.2, 0.25) is 0 Å². The molecule has 1 fully saturated rings. The number of hydrogen-bond acceptors (Lipinski definition) is 3. The molecule has 6 nitrogen and oxygen atoms in total.